The van der Waals surface area contributed by atoms with Crippen LogP contribution in [0.2, 0.25) is 10.0 Å². The van der Waals surface area contributed by atoms with Gasteiger partial charge in [-0.15, -0.1) is 0 Å². The maximum atomic E-state index is 12.9. The molecule has 12 nitrogen and oxygen atoms in total. The van der Waals surface area contributed by atoms with E-state index in [1.54, 1.807) is 33.5 Å². The van der Waals surface area contributed by atoms with Gasteiger partial charge in [0.05, 0.1) is 12.6 Å². The van der Waals surface area contributed by atoms with E-state index in [9.17, 15) is 14.4 Å². The summed E-state index contributed by atoms with van der Waals surface area (Å²) in [5.41, 5.74) is 3.25. The van der Waals surface area contributed by atoms with Crippen LogP contribution in [0.1, 0.15) is 88.6 Å². The Labute approximate surface area is 450 Å². The van der Waals surface area contributed by atoms with Crippen LogP contribution in [0.15, 0.2) is 144 Å². The second-order valence-electron chi connectivity index (χ2n) is 20.2. The molecule has 0 spiro atoms. The summed E-state index contributed by atoms with van der Waals surface area (Å²) in [6.45, 7) is 21.4. The minimum atomic E-state index is -0.681. The van der Waals surface area contributed by atoms with E-state index in [-0.39, 0.29) is 34.9 Å². The van der Waals surface area contributed by atoms with Gasteiger partial charge in [-0.05, 0) is 102 Å². The van der Waals surface area contributed by atoms with Crippen LogP contribution in [-0.2, 0) is 41.1 Å². The summed E-state index contributed by atoms with van der Waals surface area (Å²) in [6.07, 6.45) is 2.66. The number of para-hydroxylation sites is 1. The average molecular weight is 1050 g/mol. The third-order valence-electron chi connectivity index (χ3n) is 12.8. The van der Waals surface area contributed by atoms with E-state index in [2.05, 4.69) is 76.5 Å². The van der Waals surface area contributed by atoms with Gasteiger partial charge in [-0.3, -0.25) is 19.1 Å². The van der Waals surface area contributed by atoms with Crippen LogP contribution in [0.25, 0.3) is 0 Å². The molecule has 1 N–H and O–H groups in total. The molecule has 398 valence electrons. The van der Waals surface area contributed by atoms with Crippen molar-refractivity contribution < 1.29 is 19.1 Å². The molecule has 1 aromatic heterocycles. The summed E-state index contributed by atoms with van der Waals surface area (Å²) < 4.78 is 15.3. The van der Waals surface area contributed by atoms with Gasteiger partial charge in [-0.1, -0.05) is 141 Å². The number of aromatic nitrogens is 3. The molecule has 0 radical (unpaired) electrons. The van der Waals surface area contributed by atoms with E-state index in [0.29, 0.717) is 43.1 Å². The molecule has 0 saturated carbocycles. The normalized spacial score (nSPS) is 14.4. The number of benzene rings is 5. The van der Waals surface area contributed by atoms with Crippen LogP contribution in [0.5, 0.6) is 5.75 Å². The zero-order chi connectivity index (χ0) is 53.7. The number of aryl methyl sites for hydroxylation is 2. The topological polar surface area (TPSA) is 114 Å². The standard InChI is InChI=1S/C25H32ClN5O2.C22H29NO2.C13H18ClNO/c1-2-24-27-31(25(32)30(24)18-19-33-23-10-4-3-5-11-23)13-7-12-28-14-16-29(17-15-28)22-9-6-8-21(26)20-22;1-5-21(24)25-22(18(2)17-23(3)4,20-14-10-7-11-15-20)16-19-12-8-6-9-13-19;1-9(15-13(2,3)4)12(16)10-6-5-7-11(14)8-10/h3-6,8-11,20H,2,7,12-19H2,1H3;6-15,18H,5,16-17H2,1-4H3;5-9,15H,1-4H3/t;18-,22+;/m.1./s1. The molecule has 1 aliphatic heterocycles. The van der Waals surface area contributed by atoms with E-state index in [1.807, 2.05) is 126 Å². The molecular formula is C60H79Cl2N7O5. The van der Waals surface area contributed by atoms with Crippen LogP contribution >= 0.6 is 23.2 Å². The first-order valence-electron chi connectivity index (χ1n) is 26.0. The second kappa shape index (κ2) is 29.4. The molecule has 1 fully saturated rings. The summed E-state index contributed by atoms with van der Waals surface area (Å²) in [4.78, 5) is 44.3. The van der Waals surface area contributed by atoms with Crippen molar-refractivity contribution in [3.05, 3.63) is 183 Å². The van der Waals surface area contributed by atoms with Crippen molar-refractivity contribution in [1.82, 2.24) is 29.5 Å². The van der Waals surface area contributed by atoms with E-state index in [4.69, 9.17) is 32.7 Å². The SMILES string of the molecule is CC(NC(C)(C)C)C(=O)c1cccc(Cl)c1.CCC(=O)O[C@](Cc1ccccc1)(c1ccccc1)[C@H](C)CN(C)C.CCc1nn(CCCN2CCN(c3cccc(Cl)c3)CC2)c(=O)n1CCOc1ccccc1. The highest BCUT2D eigenvalue weighted by molar-refractivity contribution is 6.31. The van der Waals surface area contributed by atoms with Crippen LogP contribution in [-0.4, -0.2) is 107 Å². The average Bonchev–Trinajstić information content (AvgIpc) is 3.69. The lowest BCUT2D eigenvalue weighted by molar-refractivity contribution is -0.168. The quantitative estimate of drug-likeness (QED) is 0.0552. The largest absolute Gasteiger partial charge is 0.492 e. The van der Waals surface area contributed by atoms with Crippen LogP contribution in [0, 0.1) is 5.92 Å². The maximum Gasteiger partial charge on any atom is 0.346 e. The number of anilines is 1. The first kappa shape index (κ1) is 59.1. The number of halogens is 2. The Balaban J connectivity index is 0.000000219. The molecule has 7 rings (SSSR count). The molecule has 14 heteroatoms. The molecule has 1 saturated heterocycles. The highest BCUT2D eigenvalue weighted by Crippen LogP contribution is 2.38. The highest BCUT2D eigenvalue weighted by Gasteiger charge is 2.42. The number of Topliss-reactive ketones (excluding diaryl/α,β-unsaturated/α-hetero) is 1. The summed E-state index contributed by atoms with van der Waals surface area (Å²) >= 11 is 12.0. The molecule has 1 aliphatic rings. The molecule has 3 atom stereocenters. The minimum Gasteiger partial charge on any atom is -0.492 e. The molecule has 2 heterocycles. The second-order valence-corrected chi connectivity index (χ2v) is 21.0. The summed E-state index contributed by atoms with van der Waals surface area (Å²) in [5, 5.41) is 9.18. The number of ether oxygens (including phenoxy) is 2. The number of esters is 1. The zero-order valence-electron chi connectivity index (χ0n) is 45.1. The smallest absolute Gasteiger partial charge is 0.346 e. The Morgan fingerprint density at radius 3 is 1.95 bits per heavy atom. The number of carbonyl (C=O) groups excluding carboxylic acids is 2. The third-order valence-corrected chi connectivity index (χ3v) is 13.2. The van der Waals surface area contributed by atoms with E-state index in [1.165, 1.54) is 11.3 Å². The number of carbonyl (C=O) groups is 2. The highest BCUT2D eigenvalue weighted by atomic mass is 35.5. The van der Waals surface area contributed by atoms with Gasteiger partial charge in [0.25, 0.3) is 0 Å². The number of nitrogens with zero attached hydrogens (tertiary/aromatic N) is 6. The Bertz CT molecular complexity index is 2670. The molecule has 5 aromatic carbocycles. The van der Waals surface area contributed by atoms with Crippen molar-refractivity contribution in [3.8, 4) is 5.75 Å². The molecule has 6 aromatic rings. The van der Waals surface area contributed by atoms with E-state index in [0.717, 1.165) is 74.3 Å². The first-order valence-corrected chi connectivity index (χ1v) is 26.8. The van der Waals surface area contributed by atoms with Crippen LogP contribution < -0.4 is 20.6 Å². The fourth-order valence-corrected chi connectivity index (χ4v) is 9.56. The minimum absolute atomic E-state index is 0.0470. The molecule has 1 unspecified atom stereocenters. The van der Waals surface area contributed by atoms with Crippen molar-refractivity contribution in [2.75, 3.05) is 64.9 Å². The fraction of sp³-hybridized carbons (Fsp3) is 0.433. The number of rotatable bonds is 21. The molecule has 0 amide bonds. The van der Waals surface area contributed by atoms with Crippen LogP contribution in [0.4, 0.5) is 5.69 Å². The van der Waals surface area contributed by atoms with Crippen molar-refractivity contribution in [3.63, 3.8) is 0 Å². The van der Waals surface area contributed by atoms with Crippen molar-refractivity contribution >= 4 is 40.6 Å². The number of piperazine rings is 1. The lowest BCUT2D eigenvalue weighted by Gasteiger charge is -2.40. The van der Waals surface area contributed by atoms with Gasteiger partial charge in [0.2, 0.25) is 0 Å². The van der Waals surface area contributed by atoms with E-state index < -0.39 is 5.60 Å². The molecule has 0 bridgehead atoms. The number of hydrogen-bond donors (Lipinski definition) is 1. The molecule has 0 aliphatic carbocycles. The van der Waals surface area contributed by atoms with Gasteiger partial charge in [0.15, 0.2) is 5.78 Å². The zero-order valence-corrected chi connectivity index (χ0v) is 46.6. The fourth-order valence-electron chi connectivity index (χ4n) is 9.19. The van der Waals surface area contributed by atoms with Gasteiger partial charge in [-0.25, -0.2) is 9.48 Å². The monoisotopic (exact) mass is 1050 g/mol. The number of nitrogens with one attached hydrogen (secondary N) is 1. The third kappa shape index (κ3) is 18.6. The predicted molar refractivity (Wildman–Crippen MR) is 303 cm³/mol. The Kier molecular flexibility index (Phi) is 23.5. The first-order chi connectivity index (χ1) is 35.4. The van der Waals surface area contributed by atoms with Crippen molar-refractivity contribution in [2.45, 2.75) is 104 Å². The Hall–Kier alpha value is -5.76. The number of hydrogen-bond acceptors (Lipinski definition) is 10. The number of ketones is 1. The van der Waals surface area contributed by atoms with Gasteiger partial charge in [0.1, 0.15) is 23.8 Å². The molecular weight excluding hydrogens is 970 g/mol. The van der Waals surface area contributed by atoms with Gasteiger partial charge in [0, 0.05) is 97.8 Å². The van der Waals surface area contributed by atoms with Gasteiger partial charge in [-0.2, -0.15) is 5.10 Å². The summed E-state index contributed by atoms with van der Waals surface area (Å²) in [7, 11) is 4.10. The predicted octanol–water partition coefficient (Wildman–Crippen LogP) is 11.1. The Morgan fingerprint density at radius 1 is 0.757 bits per heavy atom. The van der Waals surface area contributed by atoms with Crippen LogP contribution in [0.3, 0.4) is 0 Å². The van der Waals surface area contributed by atoms with Crippen molar-refractivity contribution in [1.29, 1.82) is 0 Å². The van der Waals surface area contributed by atoms with Crippen molar-refractivity contribution in [2.24, 2.45) is 5.92 Å². The summed E-state index contributed by atoms with van der Waals surface area (Å²) in [5.74, 6) is 1.67. The Morgan fingerprint density at radius 2 is 1.36 bits per heavy atom. The summed E-state index contributed by atoms with van der Waals surface area (Å²) in [6, 6.07) is 45.0. The van der Waals surface area contributed by atoms with Gasteiger partial charge >= 0.3 is 11.7 Å². The lowest BCUT2D eigenvalue weighted by Crippen LogP contribution is -2.46. The molecule has 74 heavy (non-hydrogen) atoms. The van der Waals surface area contributed by atoms with Gasteiger partial charge < -0.3 is 24.6 Å². The maximum absolute atomic E-state index is 12.9. The lowest BCUT2D eigenvalue weighted by atomic mass is 9.77. The van der Waals surface area contributed by atoms with E-state index >= 15 is 0 Å².